The first-order valence-electron chi connectivity index (χ1n) is 7.86. The van der Waals surface area contributed by atoms with Crippen LogP contribution in [0.15, 0.2) is 41.0 Å². The van der Waals surface area contributed by atoms with Gasteiger partial charge in [-0.1, -0.05) is 12.1 Å². The molecule has 1 fully saturated rings. The van der Waals surface area contributed by atoms with Crippen molar-refractivity contribution in [3.8, 4) is 5.75 Å². The minimum Gasteiger partial charge on any atom is -0.483 e. The number of ether oxygens (including phenoxy) is 1. The zero-order valence-electron chi connectivity index (χ0n) is 13.7. The molecule has 2 N–H and O–H groups in total. The van der Waals surface area contributed by atoms with Crippen LogP contribution in [0, 0.1) is 19.8 Å². The maximum absolute atomic E-state index is 12.0. The van der Waals surface area contributed by atoms with Crippen LogP contribution in [0.5, 0.6) is 5.75 Å². The molecule has 6 heteroatoms. The van der Waals surface area contributed by atoms with Crippen LogP contribution in [0.1, 0.15) is 29.2 Å². The van der Waals surface area contributed by atoms with Crippen LogP contribution in [0.25, 0.3) is 0 Å². The number of amides is 2. The molecule has 1 heterocycles. The summed E-state index contributed by atoms with van der Waals surface area (Å²) in [5, 5.41) is 0. The largest absolute Gasteiger partial charge is 0.483 e. The smallest absolute Gasteiger partial charge is 0.276 e. The number of hydrazine groups is 1. The third-order valence-electron chi connectivity index (χ3n) is 4.06. The number of hydrogen-bond donors (Lipinski definition) is 2. The molecule has 2 amide bonds. The molecule has 3 rings (SSSR count). The van der Waals surface area contributed by atoms with E-state index in [2.05, 4.69) is 10.9 Å². The first-order valence-corrected chi connectivity index (χ1v) is 7.86. The molecule has 126 valence electrons. The molecule has 1 aliphatic rings. The van der Waals surface area contributed by atoms with Crippen LogP contribution in [-0.2, 0) is 9.59 Å². The highest BCUT2D eigenvalue weighted by atomic mass is 16.5. The monoisotopic (exact) mass is 328 g/mol. The lowest BCUT2D eigenvalue weighted by Crippen LogP contribution is -2.44. The van der Waals surface area contributed by atoms with E-state index in [1.54, 1.807) is 12.3 Å². The average molecular weight is 328 g/mol. The lowest BCUT2D eigenvalue weighted by molar-refractivity contribution is -0.130. The number of furan rings is 1. The second kappa shape index (κ2) is 6.78. The number of benzene rings is 1. The Morgan fingerprint density at radius 3 is 2.83 bits per heavy atom. The highest BCUT2D eigenvalue weighted by Gasteiger charge is 2.45. The van der Waals surface area contributed by atoms with Crippen LogP contribution in [0.2, 0.25) is 0 Å². The molecule has 0 spiro atoms. The molecule has 1 saturated carbocycles. The molecular formula is C18H20N2O4. The Labute approximate surface area is 140 Å². The fraction of sp³-hybridized carbons (Fsp3) is 0.333. The van der Waals surface area contributed by atoms with Gasteiger partial charge in [-0.05, 0) is 49.6 Å². The minimum atomic E-state index is -0.403. The van der Waals surface area contributed by atoms with E-state index in [1.807, 2.05) is 38.1 Å². The van der Waals surface area contributed by atoms with Gasteiger partial charge in [0.1, 0.15) is 11.5 Å². The normalized spacial score (nSPS) is 18.8. The van der Waals surface area contributed by atoms with Crippen molar-refractivity contribution in [3.63, 3.8) is 0 Å². The molecule has 2 aromatic rings. The van der Waals surface area contributed by atoms with Gasteiger partial charge >= 0.3 is 0 Å². The van der Waals surface area contributed by atoms with Crippen LogP contribution >= 0.6 is 0 Å². The molecule has 2 unspecified atom stereocenters. The molecule has 2 atom stereocenters. The maximum Gasteiger partial charge on any atom is 0.276 e. The van der Waals surface area contributed by atoms with E-state index in [1.165, 1.54) is 0 Å². The first kappa shape index (κ1) is 16.1. The number of aryl methyl sites for hydroxylation is 2. The van der Waals surface area contributed by atoms with Crippen LogP contribution in [0.3, 0.4) is 0 Å². The average Bonchev–Trinajstić information content (AvgIpc) is 3.18. The molecule has 24 heavy (non-hydrogen) atoms. The Morgan fingerprint density at radius 2 is 2.08 bits per heavy atom. The van der Waals surface area contributed by atoms with E-state index in [-0.39, 0.29) is 24.3 Å². The SMILES string of the molecule is Cc1ccc(C)c(OCC(=O)NNC(=O)C2CC2c2ccco2)c1. The van der Waals surface area contributed by atoms with Crippen LogP contribution in [0.4, 0.5) is 0 Å². The Kier molecular flexibility index (Phi) is 4.55. The van der Waals surface area contributed by atoms with Gasteiger partial charge in [-0.25, -0.2) is 0 Å². The predicted octanol–water partition coefficient (Wildman–Crippen LogP) is 2.23. The van der Waals surface area contributed by atoms with Crippen LogP contribution in [-0.4, -0.2) is 18.4 Å². The third-order valence-corrected chi connectivity index (χ3v) is 4.06. The summed E-state index contributed by atoms with van der Waals surface area (Å²) in [6.45, 7) is 3.71. The van der Waals surface area contributed by atoms with Gasteiger partial charge < -0.3 is 9.15 Å². The van der Waals surface area contributed by atoms with E-state index in [9.17, 15) is 9.59 Å². The summed E-state index contributed by atoms with van der Waals surface area (Å²) in [5.41, 5.74) is 6.83. The van der Waals surface area contributed by atoms with Crippen LogP contribution < -0.4 is 15.6 Å². The predicted molar refractivity (Wildman–Crippen MR) is 87.3 cm³/mol. The molecular weight excluding hydrogens is 308 g/mol. The van der Waals surface area contributed by atoms with Crippen molar-refractivity contribution in [2.24, 2.45) is 5.92 Å². The van der Waals surface area contributed by atoms with Crippen molar-refractivity contribution in [2.75, 3.05) is 6.61 Å². The maximum atomic E-state index is 12.0. The lowest BCUT2D eigenvalue weighted by atomic mass is 10.1. The fourth-order valence-corrected chi connectivity index (χ4v) is 2.57. The fourth-order valence-electron chi connectivity index (χ4n) is 2.57. The topological polar surface area (TPSA) is 80.6 Å². The summed E-state index contributed by atoms with van der Waals surface area (Å²) in [5.74, 6) is 0.798. The van der Waals surface area contributed by atoms with Crippen molar-refractivity contribution in [3.05, 3.63) is 53.5 Å². The van der Waals surface area contributed by atoms with Gasteiger partial charge in [0, 0.05) is 5.92 Å². The second-order valence-corrected chi connectivity index (χ2v) is 6.06. The number of carbonyl (C=O) groups is 2. The van der Waals surface area contributed by atoms with Crippen molar-refractivity contribution in [1.82, 2.24) is 10.9 Å². The van der Waals surface area contributed by atoms with Gasteiger partial charge in [-0.3, -0.25) is 20.4 Å². The number of hydrogen-bond acceptors (Lipinski definition) is 4. The third kappa shape index (κ3) is 3.76. The molecule has 0 bridgehead atoms. The lowest BCUT2D eigenvalue weighted by Gasteiger charge is -2.11. The first-order chi connectivity index (χ1) is 11.5. The van der Waals surface area contributed by atoms with Crippen molar-refractivity contribution in [1.29, 1.82) is 0 Å². The molecule has 1 aliphatic carbocycles. The molecule has 0 aliphatic heterocycles. The van der Waals surface area contributed by atoms with Gasteiger partial charge in [-0.2, -0.15) is 0 Å². The summed E-state index contributed by atoms with van der Waals surface area (Å²) in [6.07, 6.45) is 2.32. The number of rotatable bonds is 5. The summed E-state index contributed by atoms with van der Waals surface area (Å²) in [4.78, 5) is 23.8. The van der Waals surface area contributed by atoms with E-state index in [4.69, 9.17) is 9.15 Å². The molecule has 1 aromatic heterocycles. The number of carbonyl (C=O) groups excluding carboxylic acids is 2. The Hall–Kier alpha value is -2.76. The number of nitrogens with one attached hydrogen (secondary N) is 2. The van der Waals surface area contributed by atoms with E-state index in [0.717, 1.165) is 23.3 Å². The van der Waals surface area contributed by atoms with Crippen molar-refractivity contribution < 1.29 is 18.7 Å². The Morgan fingerprint density at radius 1 is 1.25 bits per heavy atom. The summed E-state index contributed by atoms with van der Waals surface area (Å²) < 4.78 is 10.8. The zero-order valence-corrected chi connectivity index (χ0v) is 13.7. The molecule has 1 aromatic carbocycles. The summed E-state index contributed by atoms with van der Waals surface area (Å²) >= 11 is 0. The quantitative estimate of drug-likeness (QED) is 0.825. The van der Waals surface area contributed by atoms with Gasteiger partial charge in [0.15, 0.2) is 6.61 Å². The highest BCUT2D eigenvalue weighted by Crippen LogP contribution is 2.47. The van der Waals surface area contributed by atoms with E-state index in [0.29, 0.717) is 5.75 Å². The Bertz CT molecular complexity index is 739. The van der Waals surface area contributed by atoms with E-state index >= 15 is 0 Å². The molecule has 0 radical (unpaired) electrons. The minimum absolute atomic E-state index is 0.100. The van der Waals surface area contributed by atoms with Crippen molar-refractivity contribution in [2.45, 2.75) is 26.2 Å². The van der Waals surface area contributed by atoms with Crippen molar-refractivity contribution >= 4 is 11.8 Å². The van der Waals surface area contributed by atoms with Gasteiger partial charge in [-0.15, -0.1) is 0 Å². The van der Waals surface area contributed by atoms with E-state index < -0.39 is 5.91 Å². The molecule has 6 nitrogen and oxygen atoms in total. The van der Waals surface area contributed by atoms with Gasteiger partial charge in [0.25, 0.3) is 5.91 Å². The Balaban J connectivity index is 1.41. The zero-order chi connectivity index (χ0) is 17.1. The standard InChI is InChI=1S/C18H20N2O4/c1-11-5-6-12(2)16(8-11)24-10-17(21)19-20-18(22)14-9-13(14)15-4-3-7-23-15/h3-8,13-14H,9-10H2,1-2H3,(H,19,21)(H,20,22). The van der Waals surface area contributed by atoms with Gasteiger partial charge in [0.2, 0.25) is 5.91 Å². The summed E-state index contributed by atoms with van der Waals surface area (Å²) in [7, 11) is 0. The second-order valence-electron chi connectivity index (χ2n) is 6.06. The summed E-state index contributed by atoms with van der Waals surface area (Å²) in [6, 6.07) is 9.45. The van der Waals surface area contributed by atoms with Gasteiger partial charge in [0.05, 0.1) is 12.2 Å². The molecule has 0 saturated heterocycles. The highest BCUT2D eigenvalue weighted by molar-refractivity contribution is 5.86.